The number of urea groups is 1. The van der Waals surface area contributed by atoms with Crippen LogP contribution in [-0.2, 0) is 9.53 Å². The second kappa shape index (κ2) is 5.74. The van der Waals surface area contributed by atoms with Crippen molar-refractivity contribution in [1.29, 1.82) is 0 Å². The summed E-state index contributed by atoms with van der Waals surface area (Å²) in [7, 11) is 0. The molecule has 0 spiro atoms. The van der Waals surface area contributed by atoms with Crippen LogP contribution < -0.4 is 10.6 Å². The molecule has 9 heteroatoms. The molecule has 1 aliphatic rings. The standard InChI is InChI=1S/C13H13F3N2O4/c1-6-9(11(19)22-7(2)13(14,15)16)10(18-12(20)17-6)8-4-3-5-21-8/h3-5,7,10H,1-2H3,(H2,17,18,20). The lowest BCUT2D eigenvalue weighted by Crippen LogP contribution is -2.46. The quantitative estimate of drug-likeness (QED) is 0.839. The number of rotatable bonds is 3. The first-order valence-electron chi connectivity index (χ1n) is 6.29. The van der Waals surface area contributed by atoms with Crippen molar-refractivity contribution in [2.75, 3.05) is 0 Å². The summed E-state index contributed by atoms with van der Waals surface area (Å²) in [6.45, 7) is 2.12. The zero-order valence-electron chi connectivity index (χ0n) is 11.7. The summed E-state index contributed by atoms with van der Waals surface area (Å²) in [4.78, 5) is 23.6. The van der Waals surface area contributed by atoms with Gasteiger partial charge in [0.05, 0.1) is 11.8 Å². The lowest BCUT2D eigenvalue weighted by atomic mass is 10.0. The normalized spacial score (nSPS) is 20.2. The monoisotopic (exact) mass is 318 g/mol. The molecule has 0 saturated heterocycles. The third-order valence-electron chi connectivity index (χ3n) is 3.06. The van der Waals surface area contributed by atoms with Crippen LogP contribution in [0.2, 0.25) is 0 Å². The zero-order chi connectivity index (χ0) is 16.5. The van der Waals surface area contributed by atoms with Gasteiger partial charge in [-0.1, -0.05) is 0 Å². The van der Waals surface area contributed by atoms with Crippen LogP contribution in [0.25, 0.3) is 0 Å². The Morgan fingerprint density at radius 1 is 1.45 bits per heavy atom. The zero-order valence-corrected chi connectivity index (χ0v) is 11.7. The summed E-state index contributed by atoms with van der Waals surface area (Å²) in [5, 5.41) is 4.73. The fourth-order valence-electron chi connectivity index (χ4n) is 1.92. The number of ether oxygens (including phenoxy) is 1. The minimum atomic E-state index is -4.67. The summed E-state index contributed by atoms with van der Waals surface area (Å²) in [6.07, 6.45) is -5.62. The van der Waals surface area contributed by atoms with Gasteiger partial charge >= 0.3 is 18.2 Å². The first kappa shape index (κ1) is 15.9. The Bertz CT molecular complexity index is 607. The molecule has 2 amide bonds. The Hall–Kier alpha value is -2.45. The molecule has 2 rings (SSSR count). The van der Waals surface area contributed by atoms with Gasteiger partial charge in [-0.25, -0.2) is 9.59 Å². The van der Waals surface area contributed by atoms with Gasteiger partial charge in [0.2, 0.25) is 0 Å². The Morgan fingerprint density at radius 3 is 2.68 bits per heavy atom. The number of halogens is 3. The number of amides is 2. The Labute approximate surface area is 123 Å². The summed E-state index contributed by atoms with van der Waals surface area (Å²) < 4.78 is 47.1. The molecule has 0 fully saturated rings. The van der Waals surface area contributed by atoms with Gasteiger partial charge in [0.15, 0.2) is 6.10 Å². The molecule has 2 heterocycles. The van der Waals surface area contributed by atoms with Crippen LogP contribution in [-0.4, -0.2) is 24.3 Å². The molecule has 0 aliphatic carbocycles. The summed E-state index contributed by atoms with van der Waals surface area (Å²) in [6, 6.07) is 1.40. The number of alkyl halides is 3. The van der Waals surface area contributed by atoms with E-state index in [2.05, 4.69) is 15.4 Å². The van der Waals surface area contributed by atoms with Crippen LogP contribution in [0, 0.1) is 0 Å². The molecule has 6 nitrogen and oxygen atoms in total. The molecule has 0 aromatic carbocycles. The Balaban J connectivity index is 2.30. The highest BCUT2D eigenvalue weighted by Gasteiger charge is 2.42. The number of hydrogen-bond donors (Lipinski definition) is 2. The number of carbonyl (C=O) groups is 2. The van der Waals surface area contributed by atoms with Gasteiger partial charge < -0.3 is 19.8 Å². The second-order valence-electron chi connectivity index (χ2n) is 4.67. The van der Waals surface area contributed by atoms with Crippen LogP contribution in [0.4, 0.5) is 18.0 Å². The molecule has 2 atom stereocenters. The SMILES string of the molecule is CC1=C(C(=O)OC(C)C(F)(F)F)C(c2ccco2)NC(=O)N1. The molecule has 0 bridgehead atoms. The number of furan rings is 1. The number of nitrogens with one attached hydrogen (secondary N) is 2. The molecule has 120 valence electrons. The molecule has 0 saturated carbocycles. The molecule has 1 aliphatic heterocycles. The average molecular weight is 318 g/mol. The van der Waals surface area contributed by atoms with Crippen molar-refractivity contribution < 1.29 is 31.9 Å². The molecule has 0 radical (unpaired) electrons. The number of allylic oxidation sites excluding steroid dienone is 1. The number of hydrogen-bond acceptors (Lipinski definition) is 4. The van der Waals surface area contributed by atoms with E-state index in [0.29, 0.717) is 0 Å². The van der Waals surface area contributed by atoms with E-state index in [0.717, 1.165) is 6.92 Å². The van der Waals surface area contributed by atoms with Crippen molar-refractivity contribution in [3.8, 4) is 0 Å². The summed E-state index contributed by atoms with van der Waals surface area (Å²) in [5.74, 6) is -0.975. The highest BCUT2D eigenvalue weighted by Crippen LogP contribution is 2.30. The third-order valence-corrected chi connectivity index (χ3v) is 3.06. The van der Waals surface area contributed by atoms with Crippen molar-refractivity contribution in [3.05, 3.63) is 35.4 Å². The lowest BCUT2D eigenvalue weighted by Gasteiger charge is -2.27. The average Bonchev–Trinajstić information content (AvgIpc) is 2.89. The predicted molar refractivity (Wildman–Crippen MR) is 67.4 cm³/mol. The molecule has 1 aromatic heterocycles. The highest BCUT2D eigenvalue weighted by molar-refractivity contribution is 5.94. The first-order valence-corrected chi connectivity index (χ1v) is 6.29. The van der Waals surface area contributed by atoms with Gasteiger partial charge in [-0.3, -0.25) is 0 Å². The van der Waals surface area contributed by atoms with Crippen LogP contribution >= 0.6 is 0 Å². The van der Waals surface area contributed by atoms with Crippen LogP contribution in [0.15, 0.2) is 34.1 Å². The second-order valence-corrected chi connectivity index (χ2v) is 4.67. The maximum atomic E-state index is 12.5. The molecule has 1 aromatic rings. The van der Waals surface area contributed by atoms with E-state index < -0.39 is 30.3 Å². The fraction of sp³-hybridized carbons (Fsp3) is 0.385. The highest BCUT2D eigenvalue weighted by atomic mass is 19.4. The maximum Gasteiger partial charge on any atom is 0.425 e. The van der Waals surface area contributed by atoms with Crippen molar-refractivity contribution >= 4 is 12.0 Å². The minimum absolute atomic E-state index is 0.101. The van der Waals surface area contributed by atoms with E-state index in [4.69, 9.17) is 4.42 Å². The van der Waals surface area contributed by atoms with E-state index in [9.17, 15) is 22.8 Å². The van der Waals surface area contributed by atoms with E-state index >= 15 is 0 Å². The van der Waals surface area contributed by atoms with E-state index in [-0.39, 0.29) is 17.0 Å². The molecular weight excluding hydrogens is 305 g/mol. The molecule has 2 N–H and O–H groups in total. The maximum absolute atomic E-state index is 12.5. The van der Waals surface area contributed by atoms with Crippen LogP contribution in [0.5, 0.6) is 0 Å². The van der Waals surface area contributed by atoms with Gasteiger partial charge in [-0.15, -0.1) is 0 Å². The van der Waals surface area contributed by atoms with E-state index in [1.54, 1.807) is 0 Å². The Morgan fingerprint density at radius 2 is 2.14 bits per heavy atom. The first-order chi connectivity index (χ1) is 10.2. The number of esters is 1. The van der Waals surface area contributed by atoms with Crippen LogP contribution in [0.3, 0.4) is 0 Å². The lowest BCUT2D eigenvalue weighted by molar-refractivity contribution is -0.214. The van der Waals surface area contributed by atoms with Crippen molar-refractivity contribution in [2.45, 2.75) is 32.2 Å². The van der Waals surface area contributed by atoms with Crippen molar-refractivity contribution in [1.82, 2.24) is 10.6 Å². The largest absolute Gasteiger partial charge is 0.467 e. The van der Waals surface area contributed by atoms with Gasteiger partial charge in [0.1, 0.15) is 11.8 Å². The van der Waals surface area contributed by atoms with Crippen LogP contribution in [0.1, 0.15) is 25.6 Å². The summed E-state index contributed by atoms with van der Waals surface area (Å²) >= 11 is 0. The van der Waals surface area contributed by atoms with Gasteiger partial charge in [-0.2, -0.15) is 13.2 Å². The predicted octanol–water partition coefficient (Wildman–Crippen LogP) is 2.40. The van der Waals surface area contributed by atoms with Gasteiger partial charge in [-0.05, 0) is 26.0 Å². The topological polar surface area (TPSA) is 80.6 Å². The summed E-state index contributed by atoms with van der Waals surface area (Å²) in [5.41, 5.74) is -0.0461. The molecule has 22 heavy (non-hydrogen) atoms. The number of carbonyl (C=O) groups excluding carboxylic acids is 2. The van der Waals surface area contributed by atoms with E-state index in [1.807, 2.05) is 0 Å². The van der Waals surface area contributed by atoms with Crippen molar-refractivity contribution in [3.63, 3.8) is 0 Å². The third kappa shape index (κ3) is 3.23. The molecule has 2 unspecified atom stereocenters. The minimum Gasteiger partial charge on any atom is -0.467 e. The molecular formula is C13H13F3N2O4. The van der Waals surface area contributed by atoms with Crippen molar-refractivity contribution in [2.24, 2.45) is 0 Å². The van der Waals surface area contributed by atoms with Gasteiger partial charge in [0.25, 0.3) is 0 Å². The Kier molecular flexibility index (Phi) is 4.16. The van der Waals surface area contributed by atoms with E-state index in [1.165, 1.54) is 25.3 Å². The van der Waals surface area contributed by atoms with Gasteiger partial charge in [0, 0.05) is 5.70 Å². The fourth-order valence-corrected chi connectivity index (χ4v) is 1.92. The smallest absolute Gasteiger partial charge is 0.425 e.